The predicted molar refractivity (Wildman–Crippen MR) is 36.5 cm³/mol. The summed E-state index contributed by atoms with van der Waals surface area (Å²) >= 11 is 4.68. The lowest BCUT2D eigenvalue weighted by Gasteiger charge is -2.24. The van der Waals surface area contributed by atoms with Gasteiger partial charge >= 0.3 is 0 Å². The second kappa shape index (κ2) is 2.28. The second-order valence-electron chi connectivity index (χ2n) is 1.85. The Morgan fingerprint density at radius 2 is 2.44 bits per heavy atom. The van der Waals surface area contributed by atoms with Crippen LogP contribution in [0.5, 0.6) is 0 Å². The maximum absolute atomic E-state index is 10.6. The summed E-state index contributed by atoms with van der Waals surface area (Å²) in [6.45, 7) is 0.347. The molecule has 1 aliphatic rings. The fraction of sp³-hybridized carbons (Fsp3) is 0.500. The number of amides is 1. The first-order chi connectivity index (χ1) is 4.18. The molecule has 0 spiro atoms. The minimum absolute atomic E-state index is 0.0683. The van der Waals surface area contributed by atoms with Gasteiger partial charge < -0.3 is 5.32 Å². The van der Waals surface area contributed by atoms with Gasteiger partial charge in [-0.1, -0.05) is 0 Å². The number of nitrogens with zero attached hydrogens (tertiary/aromatic N) is 1. The van der Waals surface area contributed by atoms with E-state index in [1.807, 2.05) is 0 Å². The molecule has 0 atom stereocenters. The molecule has 1 saturated heterocycles. The first kappa shape index (κ1) is 6.44. The van der Waals surface area contributed by atoms with E-state index in [0.29, 0.717) is 11.7 Å². The molecule has 0 aromatic rings. The molecule has 5 heteroatoms. The molecular weight excluding hydrogens is 138 g/mol. The van der Waals surface area contributed by atoms with Crippen LogP contribution in [-0.4, -0.2) is 29.6 Å². The van der Waals surface area contributed by atoms with Crippen LogP contribution in [0.25, 0.3) is 0 Å². The summed E-state index contributed by atoms with van der Waals surface area (Å²) in [4.78, 5) is 10.6. The number of nitrogens with one attached hydrogen (secondary N) is 2. The molecule has 0 bridgehead atoms. The number of hydrazine groups is 1. The lowest BCUT2D eigenvalue weighted by atomic mass is 10.5. The van der Waals surface area contributed by atoms with Crippen molar-refractivity contribution < 1.29 is 4.79 Å². The summed E-state index contributed by atoms with van der Waals surface area (Å²) in [5, 5.41) is 4.44. The van der Waals surface area contributed by atoms with Crippen molar-refractivity contribution in [1.29, 1.82) is 0 Å². The zero-order valence-electron chi connectivity index (χ0n) is 4.97. The van der Waals surface area contributed by atoms with Crippen LogP contribution in [0.15, 0.2) is 0 Å². The molecule has 0 saturated carbocycles. The second-order valence-corrected chi connectivity index (χ2v) is 2.25. The Morgan fingerprint density at radius 3 is 2.89 bits per heavy atom. The van der Waals surface area contributed by atoms with Gasteiger partial charge in [0.05, 0.1) is 6.54 Å². The van der Waals surface area contributed by atoms with Crippen LogP contribution in [0.4, 0.5) is 0 Å². The van der Waals surface area contributed by atoms with Crippen LogP contribution in [-0.2, 0) is 4.79 Å². The van der Waals surface area contributed by atoms with E-state index in [-0.39, 0.29) is 5.91 Å². The molecular formula is C4H7N3OS. The summed E-state index contributed by atoms with van der Waals surface area (Å²) < 4.78 is 0. The van der Waals surface area contributed by atoms with Crippen LogP contribution in [0.1, 0.15) is 0 Å². The number of rotatable bonds is 0. The summed E-state index contributed by atoms with van der Waals surface area (Å²) in [5.41, 5.74) is 2.74. The smallest absolute Gasteiger partial charge is 0.242 e. The van der Waals surface area contributed by atoms with Gasteiger partial charge in [-0.05, 0) is 12.2 Å². The van der Waals surface area contributed by atoms with E-state index in [1.165, 1.54) is 0 Å². The topological polar surface area (TPSA) is 44.4 Å². The van der Waals surface area contributed by atoms with Crippen LogP contribution in [0.3, 0.4) is 0 Å². The quantitative estimate of drug-likeness (QED) is 0.422. The van der Waals surface area contributed by atoms with Gasteiger partial charge in [-0.2, -0.15) is 0 Å². The van der Waals surface area contributed by atoms with E-state index >= 15 is 0 Å². The van der Waals surface area contributed by atoms with Crippen molar-refractivity contribution in [3.63, 3.8) is 0 Å². The van der Waals surface area contributed by atoms with Gasteiger partial charge in [0, 0.05) is 7.05 Å². The number of hydrogen-bond donors (Lipinski definition) is 2. The summed E-state index contributed by atoms with van der Waals surface area (Å²) in [5.74, 6) is -0.0683. The molecule has 0 aromatic heterocycles. The summed E-state index contributed by atoms with van der Waals surface area (Å²) in [7, 11) is 1.76. The highest BCUT2D eigenvalue weighted by Gasteiger charge is 2.14. The van der Waals surface area contributed by atoms with E-state index in [4.69, 9.17) is 0 Å². The molecule has 0 unspecified atom stereocenters. The van der Waals surface area contributed by atoms with Gasteiger partial charge in [-0.3, -0.25) is 10.2 Å². The number of hydrogen-bond acceptors (Lipinski definition) is 3. The lowest BCUT2D eigenvalue weighted by molar-refractivity contribution is -0.122. The van der Waals surface area contributed by atoms with E-state index in [2.05, 4.69) is 23.0 Å². The van der Waals surface area contributed by atoms with Crippen molar-refractivity contribution in [2.45, 2.75) is 0 Å². The highest BCUT2D eigenvalue weighted by Crippen LogP contribution is 1.83. The Bertz CT molecular complexity index is 142. The zero-order chi connectivity index (χ0) is 6.85. The molecule has 1 aliphatic heterocycles. The lowest BCUT2D eigenvalue weighted by Crippen LogP contribution is -2.56. The molecule has 2 N–H and O–H groups in total. The van der Waals surface area contributed by atoms with Gasteiger partial charge in [-0.15, -0.1) is 0 Å². The third-order valence-corrected chi connectivity index (χ3v) is 1.12. The minimum Gasteiger partial charge on any atom is -0.301 e. The molecule has 1 fully saturated rings. The molecule has 0 aliphatic carbocycles. The number of carbonyl (C=O) groups excluding carboxylic acids is 1. The maximum atomic E-state index is 10.6. The van der Waals surface area contributed by atoms with Crippen molar-refractivity contribution in [2.24, 2.45) is 0 Å². The number of likely N-dealkylation sites (N-methyl/N-ethyl adjacent to an activating group) is 1. The van der Waals surface area contributed by atoms with Crippen molar-refractivity contribution in [2.75, 3.05) is 13.6 Å². The normalized spacial score (nSPS) is 21.0. The summed E-state index contributed by atoms with van der Waals surface area (Å²) in [6, 6.07) is 0. The van der Waals surface area contributed by atoms with Crippen LogP contribution >= 0.6 is 12.2 Å². The van der Waals surface area contributed by atoms with Crippen molar-refractivity contribution in [3.8, 4) is 0 Å². The fourth-order valence-electron chi connectivity index (χ4n) is 0.622. The number of thiocarbonyl (C=S) groups is 1. The van der Waals surface area contributed by atoms with Crippen LogP contribution in [0.2, 0.25) is 0 Å². The van der Waals surface area contributed by atoms with Gasteiger partial charge in [0.25, 0.3) is 0 Å². The standard InChI is InChI=1S/C4H7N3OS/c1-7-2-3(8)5-4(9)6-7/h2H2,1H3,(H2,5,6,8,9). The Kier molecular flexibility index (Phi) is 1.63. The van der Waals surface area contributed by atoms with Crippen LogP contribution < -0.4 is 10.7 Å². The highest BCUT2D eigenvalue weighted by atomic mass is 32.1. The maximum Gasteiger partial charge on any atom is 0.242 e. The Labute approximate surface area is 58.2 Å². The molecule has 1 amide bonds. The molecule has 0 aromatic carbocycles. The Hall–Kier alpha value is -0.680. The molecule has 50 valence electrons. The Morgan fingerprint density at radius 1 is 1.78 bits per heavy atom. The van der Waals surface area contributed by atoms with E-state index in [9.17, 15) is 4.79 Å². The average molecular weight is 145 g/mol. The van der Waals surface area contributed by atoms with Crippen molar-refractivity contribution >= 4 is 23.2 Å². The molecule has 1 rings (SSSR count). The van der Waals surface area contributed by atoms with Crippen molar-refractivity contribution in [1.82, 2.24) is 15.8 Å². The largest absolute Gasteiger partial charge is 0.301 e. The monoisotopic (exact) mass is 145 g/mol. The van der Waals surface area contributed by atoms with E-state index in [0.717, 1.165) is 0 Å². The molecule has 0 radical (unpaired) electrons. The molecule has 9 heavy (non-hydrogen) atoms. The summed E-state index contributed by atoms with van der Waals surface area (Å²) in [6.07, 6.45) is 0. The van der Waals surface area contributed by atoms with Crippen LogP contribution in [0, 0.1) is 0 Å². The fourth-order valence-corrected chi connectivity index (χ4v) is 0.892. The van der Waals surface area contributed by atoms with E-state index in [1.54, 1.807) is 12.1 Å². The third-order valence-electron chi connectivity index (χ3n) is 0.926. The Balaban J connectivity index is 2.53. The van der Waals surface area contributed by atoms with E-state index < -0.39 is 0 Å². The number of carbonyl (C=O) groups is 1. The predicted octanol–water partition coefficient (Wildman–Crippen LogP) is -1.16. The zero-order valence-corrected chi connectivity index (χ0v) is 5.79. The first-order valence-corrected chi connectivity index (χ1v) is 2.91. The van der Waals surface area contributed by atoms with Gasteiger partial charge in [-0.25, -0.2) is 5.01 Å². The highest BCUT2D eigenvalue weighted by molar-refractivity contribution is 7.80. The minimum atomic E-state index is -0.0683. The van der Waals surface area contributed by atoms with Gasteiger partial charge in [0.1, 0.15) is 0 Å². The third kappa shape index (κ3) is 1.62. The first-order valence-electron chi connectivity index (χ1n) is 2.50. The molecule has 1 heterocycles. The molecule has 4 nitrogen and oxygen atoms in total. The van der Waals surface area contributed by atoms with Gasteiger partial charge in [0.15, 0.2) is 5.11 Å². The average Bonchev–Trinajstić information content (AvgIpc) is 1.59. The van der Waals surface area contributed by atoms with Gasteiger partial charge in [0.2, 0.25) is 5.91 Å². The SMILES string of the molecule is CN1CC(=O)NC(=S)N1. The van der Waals surface area contributed by atoms with Crippen molar-refractivity contribution in [3.05, 3.63) is 0 Å².